The first-order chi connectivity index (χ1) is 9.41. The molecule has 4 nitrogen and oxygen atoms in total. The number of amides is 1. The van der Waals surface area contributed by atoms with Gasteiger partial charge in [0.05, 0.1) is 5.92 Å². The molecular weight excluding hydrogens is 268 g/mol. The normalized spacial score (nSPS) is 19.9. The molecule has 1 N–H and O–H groups in total. The number of nitrogens with zero attached hydrogens (tertiary/aromatic N) is 1. The van der Waals surface area contributed by atoms with Crippen molar-refractivity contribution in [3.8, 4) is 0 Å². The van der Waals surface area contributed by atoms with Crippen molar-refractivity contribution in [2.24, 2.45) is 0 Å². The lowest BCUT2D eigenvalue weighted by Crippen LogP contribution is -2.42. The molecule has 0 aromatic heterocycles. The van der Waals surface area contributed by atoms with Crippen LogP contribution in [0.2, 0.25) is 0 Å². The first-order valence-corrected chi connectivity index (χ1v) is 6.40. The molecule has 1 aromatic carbocycles. The average Bonchev–Trinajstić information content (AvgIpc) is 2.89. The molecule has 2 rings (SSSR count). The van der Waals surface area contributed by atoms with Gasteiger partial charge in [0.1, 0.15) is 6.04 Å². The number of carbonyl (C=O) groups excluding carboxylic acids is 1. The van der Waals surface area contributed by atoms with E-state index in [1.165, 1.54) is 11.0 Å². The third-order valence-electron chi connectivity index (χ3n) is 3.64. The van der Waals surface area contributed by atoms with Gasteiger partial charge in [-0.1, -0.05) is 6.07 Å². The van der Waals surface area contributed by atoms with Crippen molar-refractivity contribution in [2.75, 3.05) is 6.54 Å². The zero-order valence-corrected chi connectivity index (χ0v) is 11.0. The molecule has 0 radical (unpaired) electrons. The zero-order valence-electron chi connectivity index (χ0n) is 11.0. The maximum absolute atomic E-state index is 13.2. The molecule has 6 heteroatoms. The van der Waals surface area contributed by atoms with Crippen molar-refractivity contribution in [3.05, 3.63) is 35.4 Å². The monoisotopic (exact) mass is 283 g/mol. The fraction of sp³-hybridized carbons (Fsp3) is 0.429. The molecule has 1 fully saturated rings. The van der Waals surface area contributed by atoms with Crippen LogP contribution >= 0.6 is 0 Å². The van der Waals surface area contributed by atoms with Gasteiger partial charge in [-0.2, -0.15) is 0 Å². The molecule has 1 saturated heterocycles. The molecule has 1 aromatic rings. The fourth-order valence-electron chi connectivity index (χ4n) is 2.46. The molecule has 1 aliphatic rings. The predicted molar refractivity (Wildman–Crippen MR) is 67.1 cm³/mol. The van der Waals surface area contributed by atoms with Crippen LogP contribution in [0.3, 0.4) is 0 Å². The Labute approximate surface area is 115 Å². The van der Waals surface area contributed by atoms with Gasteiger partial charge in [0.15, 0.2) is 11.6 Å². The number of rotatable bonds is 3. The summed E-state index contributed by atoms with van der Waals surface area (Å²) in [5.41, 5.74) is 0.338. The minimum absolute atomic E-state index is 0.338. The number of carboxylic acids is 1. The van der Waals surface area contributed by atoms with Crippen LogP contribution in [-0.2, 0) is 9.59 Å². The van der Waals surface area contributed by atoms with Crippen LogP contribution in [0, 0.1) is 11.6 Å². The Balaban J connectivity index is 2.19. The number of hydrogen-bond donors (Lipinski definition) is 1. The van der Waals surface area contributed by atoms with Crippen LogP contribution in [0.25, 0.3) is 0 Å². The second-order valence-electron chi connectivity index (χ2n) is 4.92. The lowest BCUT2D eigenvalue weighted by molar-refractivity contribution is -0.148. The summed E-state index contributed by atoms with van der Waals surface area (Å²) in [6.07, 6.45) is 1.05. The van der Waals surface area contributed by atoms with Gasteiger partial charge in [-0.3, -0.25) is 4.79 Å². The van der Waals surface area contributed by atoms with Gasteiger partial charge >= 0.3 is 5.97 Å². The third kappa shape index (κ3) is 2.64. The summed E-state index contributed by atoms with van der Waals surface area (Å²) in [6, 6.07) is 2.46. The maximum atomic E-state index is 13.2. The Morgan fingerprint density at radius 2 is 2.05 bits per heavy atom. The van der Waals surface area contributed by atoms with Crippen LogP contribution < -0.4 is 0 Å². The van der Waals surface area contributed by atoms with E-state index < -0.39 is 29.6 Å². The minimum atomic E-state index is -1.03. The summed E-state index contributed by atoms with van der Waals surface area (Å²) >= 11 is 0. The van der Waals surface area contributed by atoms with E-state index in [-0.39, 0.29) is 5.91 Å². The lowest BCUT2D eigenvalue weighted by atomic mass is 9.99. The van der Waals surface area contributed by atoms with E-state index in [2.05, 4.69) is 0 Å². The Hall–Kier alpha value is -1.98. The van der Waals surface area contributed by atoms with Crippen molar-refractivity contribution >= 4 is 11.9 Å². The Morgan fingerprint density at radius 3 is 2.65 bits per heavy atom. The highest BCUT2D eigenvalue weighted by atomic mass is 19.2. The van der Waals surface area contributed by atoms with Crippen molar-refractivity contribution < 1.29 is 23.5 Å². The molecule has 20 heavy (non-hydrogen) atoms. The van der Waals surface area contributed by atoms with E-state index >= 15 is 0 Å². The van der Waals surface area contributed by atoms with Gasteiger partial charge < -0.3 is 10.0 Å². The highest BCUT2D eigenvalue weighted by Gasteiger charge is 2.36. The van der Waals surface area contributed by atoms with Crippen molar-refractivity contribution in [2.45, 2.75) is 31.7 Å². The SMILES string of the molecule is C[C@@H](C(=O)N1CCC[C@@H]1C(=O)O)c1ccc(F)c(F)c1. The van der Waals surface area contributed by atoms with E-state index in [1.54, 1.807) is 6.92 Å². The summed E-state index contributed by atoms with van der Waals surface area (Å²) in [7, 11) is 0. The number of likely N-dealkylation sites (tertiary alicyclic amines) is 1. The summed E-state index contributed by atoms with van der Waals surface area (Å²) in [5, 5.41) is 9.06. The third-order valence-corrected chi connectivity index (χ3v) is 3.64. The molecule has 0 unspecified atom stereocenters. The molecule has 2 atom stereocenters. The summed E-state index contributed by atoms with van der Waals surface area (Å²) < 4.78 is 26.1. The molecule has 0 bridgehead atoms. The molecule has 1 amide bonds. The number of halogens is 2. The molecule has 0 spiro atoms. The standard InChI is InChI=1S/C14H15F2NO3/c1-8(9-4-5-10(15)11(16)7-9)13(18)17-6-2-3-12(17)14(19)20/h4-5,7-8,12H,2-3,6H2,1H3,(H,19,20)/t8-,12-/m1/s1. The second-order valence-corrected chi connectivity index (χ2v) is 4.92. The number of hydrogen-bond acceptors (Lipinski definition) is 2. The Kier molecular flexibility index (Phi) is 4.01. The molecule has 1 aliphatic heterocycles. The number of benzene rings is 1. The van der Waals surface area contributed by atoms with Gasteiger partial charge in [-0.15, -0.1) is 0 Å². The Morgan fingerprint density at radius 1 is 1.35 bits per heavy atom. The van der Waals surface area contributed by atoms with E-state index in [0.717, 1.165) is 12.1 Å². The topological polar surface area (TPSA) is 57.6 Å². The molecular formula is C14H15F2NO3. The van der Waals surface area contributed by atoms with Crippen LogP contribution in [0.15, 0.2) is 18.2 Å². The van der Waals surface area contributed by atoms with Gasteiger partial charge in [0.2, 0.25) is 5.91 Å². The van der Waals surface area contributed by atoms with Crippen molar-refractivity contribution in [3.63, 3.8) is 0 Å². The first kappa shape index (κ1) is 14.4. The lowest BCUT2D eigenvalue weighted by Gasteiger charge is -2.25. The van der Waals surface area contributed by atoms with E-state index in [1.807, 2.05) is 0 Å². The van der Waals surface area contributed by atoms with E-state index in [9.17, 15) is 18.4 Å². The van der Waals surface area contributed by atoms with E-state index in [4.69, 9.17) is 5.11 Å². The zero-order chi connectivity index (χ0) is 14.9. The summed E-state index contributed by atoms with van der Waals surface area (Å²) in [6.45, 7) is 1.94. The fourth-order valence-corrected chi connectivity index (χ4v) is 2.46. The highest BCUT2D eigenvalue weighted by molar-refractivity contribution is 5.88. The smallest absolute Gasteiger partial charge is 0.326 e. The first-order valence-electron chi connectivity index (χ1n) is 6.40. The molecule has 0 aliphatic carbocycles. The second kappa shape index (κ2) is 5.56. The van der Waals surface area contributed by atoms with Gasteiger partial charge in [-0.05, 0) is 37.5 Å². The highest BCUT2D eigenvalue weighted by Crippen LogP contribution is 2.25. The minimum Gasteiger partial charge on any atom is -0.480 e. The van der Waals surface area contributed by atoms with Crippen molar-refractivity contribution in [1.82, 2.24) is 4.90 Å². The van der Waals surface area contributed by atoms with Crippen molar-refractivity contribution in [1.29, 1.82) is 0 Å². The van der Waals surface area contributed by atoms with E-state index in [0.29, 0.717) is 24.9 Å². The van der Waals surface area contributed by atoms with Crippen LogP contribution in [-0.4, -0.2) is 34.5 Å². The van der Waals surface area contributed by atoms with Gasteiger partial charge in [0.25, 0.3) is 0 Å². The maximum Gasteiger partial charge on any atom is 0.326 e. The molecule has 0 saturated carbocycles. The predicted octanol–water partition coefficient (Wildman–Crippen LogP) is 2.14. The van der Waals surface area contributed by atoms with Crippen LogP contribution in [0.4, 0.5) is 8.78 Å². The van der Waals surface area contributed by atoms with Gasteiger partial charge in [0, 0.05) is 6.54 Å². The largest absolute Gasteiger partial charge is 0.480 e. The number of aliphatic carboxylic acids is 1. The quantitative estimate of drug-likeness (QED) is 0.924. The summed E-state index contributed by atoms with van der Waals surface area (Å²) in [4.78, 5) is 24.7. The molecule has 108 valence electrons. The Bertz CT molecular complexity index is 547. The van der Waals surface area contributed by atoms with Gasteiger partial charge in [-0.25, -0.2) is 13.6 Å². The number of carboxylic acid groups (broad SMARTS) is 1. The number of carbonyl (C=O) groups is 2. The molecule has 1 heterocycles. The van der Waals surface area contributed by atoms with Crippen LogP contribution in [0.1, 0.15) is 31.2 Å². The van der Waals surface area contributed by atoms with Crippen LogP contribution in [0.5, 0.6) is 0 Å². The summed E-state index contributed by atoms with van der Waals surface area (Å²) in [5.74, 6) is -4.10. The average molecular weight is 283 g/mol.